The monoisotopic (exact) mass is 453 g/mol. The van der Waals surface area contributed by atoms with Gasteiger partial charge in [0.2, 0.25) is 0 Å². The molecule has 0 saturated carbocycles. The average molecular weight is 453 g/mol. The van der Waals surface area contributed by atoms with E-state index in [4.69, 9.17) is 9.47 Å². The number of hydrogen-bond donors (Lipinski definition) is 0. The molecule has 168 valence electrons. The quantitative estimate of drug-likeness (QED) is 0.389. The molecule has 3 aromatic carbocycles. The van der Waals surface area contributed by atoms with Crippen LogP contribution in [0.3, 0.4) is 0 Å². The van der Waals surface area contributed by atoms with Crippen LogP contribution in [0.25, 0.3) is 11.6 Å². The van der Waals surface area contributed by atoms with Crippen LogP contribution in [0.1, 0.15) is 27.0 Å². The fourth-order valence-electron chi connectivity index (χ4n) is 3.73. The summed E-state index contributed by atoms with van der Waals surface area (Å²) < 4.78 is 50.5. The second-order valence-electron chi connectivity index (χ2n) is 7.18. The standard InChI is InChI=1S/C25H18F3NO4/c1-32-21-12-5-7-15(22(21)33-2)13-20-18-10-3-4-11-19(18)23(30)29(24(20)31)17-9-6-8-16(14-17)25(26,27)28/h3-14H,1-2H3/b20-13-. The Bertz CT molecular complexity index is 1280. The number of carbonyl (C=O) groups is 2. The average Bonchev–Trinajstić information content (AvgIpc) is 2.81. The Morgan fingerprint density at radius 2 is 1.52 bits per heavy atom. The summed E-state index contributed by atoms with van der Waals surface area (Å²) in [6.45, 7) is 0. The minimum Gasteiger partial charge on any atom is -0.493 e. The van der Waals surface area contributed by atoms with Crippen LogP contribution in [-0.4, -0.2) is 26.0 Å². The van der Waals surface area contributed by atoms with Gasteiger partial charge >= 0.3 is 6.18 Å². The van der Waals surface area contributed by atoms with E-state index in [1.54, 1.807) is 36.4 Å². The van der Waals surface area contributed by atoms with Gasteiger partial charge in [0.05, 0.1) is 25.5 Å². The highest BCUT2D eigenvalue weighted by Gasteiger charge is 2.37. The van der Waals surface area contributed by atoms with Gasteiger partial charge in [0, 0.05) is 16.7 Å². The normalized spacial score (nSPS) is 14.9. The number of carbonyl (C=O) groups excluding carboxylic acids is 2. The molecular weight excluding hydrogens is 435 g/mol. The number of nitrogens with zero attached hydrogens (tertiary/aromatic N) is 1. The molecule has 0 atom stereocenters. The Balaban J connectivity index is 1.91. The number of halogens is 3. The largest absolute Gasteiger partial charge is 0.493 e. The second kappa shape index (κ2) is 8.46. The minimum atomic E-state index is -4.62. The van der Waals surface area contributed by atoms with Crippen molar-refractivity contribution in [3.8, 4) is 11.5 Å². The van der Waals surface area contributed by atoms with Crippen LogP contribution in [0.15, 0.2) is 66.7 Å². The topological polar surface area (TPSA) is 55.8 Å². The van der Waals surface area contributed by atoms with Gasteiger partial charge in [0.1, 0.15) is 0 Å². The molecule has 5 nitrogen and oxygen atoms in total. The van der Waals surface area contributed by atoms with Crippen LogP contribution >= 0.6 is 0 Å². The van der Waals surface area contributed by atoms with Gasteiger partial charge in [-0.1, -0.05) is 36.4 Å². The van der Waals surface area contributed by atoms with E-state index in [2.05, 4.69) is 0 Å². The van der Waals surface area contributed by atoms with Gasteiger partial charge in [0.15, 0.2) is 11.5 Å². The van der Waals surface area contributed by atoms with E-state index in [1.165, 1.54) is 32.4 Å². The van der Waals surface area contributed by atoms with Crippen LogP contribution in [0, 0.1) is 0 Å². The summed E-state index contributed by atoms with van der Waals surface area (Å²) in [6, 6.07) is 15.7. The van der Waals surface area contributed by atoms with E-state index >= 15 is 0 Å². The molecule has 0 saturated heterocycles. The summed E-state index contributed by atoms with van der Waals surface area (Å²) >= 11 is 0. The number of ether oxygens (including phenoxy) is 2. The fraction of sp³-hybridized carbons (Fsp3) is 0.120. The number of alkyl halides is 3. The minimum absolute atomic E-state index is 0.133. The number of para-hydroxylation sites is 1. The number of anilines is 1. The maximum Gasteiger partial charge on any atom is 0.416 e. The van der Waals surface area contributed by atoms with Gasteiger partial charge in [-0.2, -0.15) is 13.2 Å². The van der Waals surface area contributed by atoms with E-state index in [9.17, 15) is 22.8 Å². The first-order chi connectivity index (χ1) is 15.8. The first-order valence-electron chi connectivity index (χ1n) is 9.84. The molecular formula is C25H18F3NO4. The highest BCUT2D eigenvalue weighted by Crippen LogP contribution is 2.38. The highest BCUT2D eigenvalue weighted by atomic mass is 19.4. The van der Waals surface area contributed by atoms with Crippen LogP contribution in [0.2, 0.25) is 0 Å². The lowest BCUT2D eigenvalue weighted by Gasteiger charge is -2.29. The molecule has 1 aliphatic rings. The molecule has 0 radical (unpaired) electrons. The first kappa shape index (κ1) is 22.1. The molecule has 0 bridgehead atoms. The molecule has 0 fully saturated rings. The van der Waals surface area contributed by atoms with Crippen molar-refractivity contribution in [2.45, 2.75) is 6.18 Å². The Labute approximate surface area is 187 Å². The molecule has 1 aliphatic heterocycles. The van der Waals surface area contributed by atoms with E-state index in [1.807, 2.05) is 0 Å². The molecule has 3 aromatic rings. The van der Waals surface area contributed by atoms with Gasteiger partial charge in [-0.3, -0.25) is 9.59 Å². The summed E-state index contributed by atoms with van der Waals surface area (Å²) in [5.74, 6) is -0.637. The Morgan fingerprint density at radius 1 is 0.818 bits per heavy atom. The van der Waals surface area contributed by atoms with E-state index in [0.717, 1.165) is 23.1 Å². The molecule has 0 unspecified atom stereocenters. The van der Waals surface area contributed by atoms with Gasteiger partial charge in [0.25, 0.3) is 11.8 Å². The summed E-state index contributed by atoms with van der Waals surface area (Å²) in [7, 11) is 2.93. The SMILES string of the molecule is COc1cccc(/C=C2\C(=O)N(c3cccc(C(F)(F)F)c3)C(=O)c3ccccc32)c1OC. The molecule has 2 amide bonds. The number of hydrogen-bond acceptors (Lipinski definition) is 4. The van der Waals surface area contributed by atoms with Crippen LogP contribution in [0.4, 0.5) is 18.9 Å². The molecule has 8 heteroatoms. The van der Waals surface area contributed by atoms with Gasteiger partial charge in [-0.05, 0) is 42.0 Å². The van der Waals surface area contributed by atoms with E-state index in [0.29, 0.717) is 22.6 Å². The molecule has 0 aliphatic carbocycles. The molecule has 0 spiro atoms. The van der Waals surface area contributed by atoms with Gasteiger partial charge in [-0.25, -0.2) is 4.90 Å². The maximum absolute atomic E-state index is 13.5. The summed E-state index contributed by atoms with van der Waals surface area (Å²) in [5.41, 5.74) is 0.0861. The van der Waals surface area contributed by atoms with Crippen LogP contribution in [0.5, 0.6) is 11.5 Å². The van der Waals surface area contributed by atoms with Crippen molar-refractivity contribution in [2.24, 2.45) is 0 Å². The zero-order valence-electron chi connectivity index (χ0n) is 17.6. The van der Waals surface area contributed by atoms with Gasteiger partial charge < -0.3 is 9.47 Å². The Hall–Kier alpha value is -4.07. The van der Waals surface area contributed by atoms with Crippen molar-refractivity contribution < 1.29 is 32.2 Å². The molecule has 4 rings (SSSR count). The number of rotatable bonds is 4. The van der Waals surface area contributed by atoms with Crippen molar-refractivity contribution in [1.82, 2.24) is 0 Å². The predicted octanol–water partition coefficient (Wildman–Crippen LogP) is 5.45. The van der Waals surface area contributed by atoms with Crippen LogP contribution in [-0.2, 0) is 11.0 Å². The lowest BCUT2D eigenvalue weighted by molar-refractivity contribution is -0.137. The first-order valence-corrected chi connectivity index (χ1v) is 9.84. The smallest absolute Gasteiger partial charge is 0.416 e. The predicted molar refractivity (Wildman–Crippen MR) is 117 cm³/mol. The number of fused-ring (bicyclic) bond motifs is 1. The second-order valence-corrected chi connectivity index (χ2v) is 7.18. The molecule has 0 N–H and O–H groups in total. The Kier molecular flexibility index (Phi) is 5.68. The lowest BCUT2D eigenvalue weighted by atomic mass is 9.91. The highest BCUT2D eigenvalue weighted by molar-refractivity contribution is 6.43. The third-order valence-corrected chi connectivity index (χ3v) is 5.25. The zero-order chi connectivity index (χ0) is 23.8. The van der Waals surface area contributed by atoms with Crippen molar-refractivity contribution in [3.63, 3.8) is 0 Å². The van der Waals surface area contributed by atoms with Crippen molar-refractivity contribution in [2.75, 3.05) is 19.1 Å². The zero-order valence-corrected chi connectivity index (χ0v) is 17.6. The molecule has 1 heterocycles. The third kappa shape index (κ3) is 3.95. The number of benzene rings is 3. The fourth-order valence-corrected chi connectivity index (χ4v) is 3.73. The third-order valence-electron chi connectivity index (χ3n) is 5.25. The summed E-state index contributed by atoms with van der Waals surface area (Å²) in [4.78, 5) is 27.4. The Morgan fingerprint density at radius 3 is 2.18 bits per heavy atom. The summed E-state index contributed by atoms with van der Waals surface area (Å²) in [6.07, 6.45) is -3.09. The summed E-state index contributed by atoms with van der Waals surface area (Å²) in [5, 5.41) is 0. The maximum atomic E-state index is 13.5. The van der Waals surface area contributed by atoms with Crippen molar-refractivity contribution in [1.29, 1.82) is 0 Å². The molecule has 33 heavy (non-hydrogen) atoms. The van der Waals surface area contributed by atoms with Crippen molar-refractivity contribution in [3.05, 3.63) is 89.0 Å². The van der Waals surface area contributed by atoms with Gasteiger partial charge in [-0.15, -0.1) is 0 Å². The lowest BCUT2D eigenvalue weighted by Crippen LogP contribution is -2.41. The number of methoxy groups -OCH3 is 2. The number of amides is 2. The van der Waals surface area contributed by atoms with Crippen LogP contribution < -0.4 is 14.4 Å². The number of imide groups is 1. The molecule has 0 aromatic heterocycles. The van der Waals surface area contributed by atoms with E-state index in [-0.39, 0.29) is 16.8 Å². The van der Waals surface area contributed by atoms with Crippen molar-refractivity contribution >= 4 is 29.2 Å². The van der Waals surface area contributed by atoms with E-state index < -0.39 is 23.6 Å².